The molecule has 1 atom stereocenters. The average Bonchev–Trinajstić information content (AvgIpc) is 3.31. The first-order valence-electron chi connectivity index (χ1n) is 9.09. The molecule has 4 rings (SSSR count). The first-order chi connectivity index (χ1) is 13.5. The third-order valence-corrected chi connectivity index (χ3v) is 8.09. The summed E-state index contributed by atoms with van der Waals surface area (Å²) in [5.74, 6) is -0.213. The van der Waals surface area contributed by atoms with Crippen molar-refractivity contribution in [2.24, 2.45) is 7.05 Å². The van der Waals surface area contributed by atoms with Crippen molar-refractivity contribution >= 4 is 27.1 Å². The second kappa shape index (κ2) is 7.52. The van der Waals surface area contributed by atoms with E-state index in [0.717, 1.165) is 16.1 Å². The van der Waals surface area contributed by atoms with Crippen LogP contribution in [0.25, 0.3) is 10.6 Å². The number of thiophene rings is 1. The molecule has 1 fully saturated rings. The van der Waals surface area contributed by atoms with E-state index in [9.17, 15) is 13.2 Å². The first-order valence-corrected chi connectivity index (χ1v) is 11.7. The predicted molar refractivity (Wildman–Crippen MR) is 110 cm³/mol. The average molecular weight is 416 g/mol. The molecule has 0 N–H and O–H groups in total. The highest BCUT2D eigenvalue weighted by Crippen LogP contribution is 2.30. The highest BCUT2D eigenvalue weighted by Gasteiger charge is 2.33. The van der Waals surface area contributed by atoms with Gasteiger partial charge in [0.15, 0.2) is 9.84 Å². The molecule has 8 heteroatoms. The van der Waals surface area contributed by atoms with Crippen molar-refractivity contribution in [1.82, 2.24) is 14.7 Å². The fourth-order valence-corrected chi connectivity index (χ4v) is 6.04. The topological polar surface area (TPSA) is 72.3 Å². The van der Waals surface area contributed by atoms with Crippen LogP contribution in [0.5, 0.6) is 0 Å². The molecule has 0 radical (unpaired) electrons. The molecular weight excluding hydrogens is 394 g/mol. The fraction of sp³-hybridized carbons (Fsp3) is 0.300. The van der Waals surface area contributed by atoms with Crippen molar-refractivity contribution in [3.63, 3.8) is 0 Å². The lowest BCUT2D eigenvalue weighted by atomic mass is 10.1. The molecule has 1 saturated heterocycles. The number of carbonyl (C=O) groups is 1. The Morgan fingerprint density at radius 1 is 1.14 bits per heavy atom. The molecule has 0 saturated carbocycles. The summed E-state index contributed by atoms with van der Waals surface area (Å²) in [6, 6.07) is 14.9. The standard InChI is InChI=1S/C20H21N3O3S2/c1-22-17(14-16(21-22)18-8-5-12-27-18)20(24)23-10-9-19(28(25,26)13-11-23)15-6-3-2-4-7-15/h2-8,12,14,19H,9-11,13H2,1H3. The van der Waals surface area contributed by atoms with Crippen LogP contribution < -0.4 is 0 Å². The molecular formula is C20H21N3O3S2. The van der Waals surface area contributed by atoms with Gasteiger partial charge in [-0.15, -0.1) is 11.3 Å². The maximum atomic E-state index is 13.1. The van der Waals surface area contributed by atoms with Crippen LogP contribution in [0.1, 0.15) is 27.7 Å². The van der Waals surface area contributed by atoms with E-state index in [-0.39, 0.29) is 18.2 Å². The molecule has 2 aromatic heterocycles. The lowest BCUT2D eigenvalue weighted by Crippen LogP contribution is -2.34. The number of carbonyl (C=O) groups excluding carboxylic acids is 1. The van der Waals surface area contributed by atoms with Crippen LogP contribution in [0.2, 0.25) is 0 Å². The molecule has 28 heavy (non-hydrogen) atoms. The predicted octanol–water partition coefficient (Wildman–Crippen LogP) is 3.15. The van der Waals surface area contributed by atoms with Gasteiger partial charge in [0.05, 0.1) is 15.9 Å². The van der Waals surface area contributed by atoms with Crippen LogP contribution in [0, 0.1) is 0 Å². The Kier molecular flexibility index (Phi) is 5.07. The maximum Gasteiger partial charge on any atom is 0.272 e. The number of aromatic nitrogens is 2. The SMILES string of the molecule is Cn1nc(-c2cccs2)cc1C(=O)N1CCC(c2ccccc2)S(=O)(=O)CC1. The van der Waals surface area contributed by atoms with Gasteiger partial charge in [0.25, 0.3) is 5.91 Å². The fourth-order valence-electron chi connectivity index (χ4n) is 3.56. The van der Waals surface area contributed by atoms with Crippen molar-refractivity contribution in [2.75, 3.05) is 18.8 Å². The number of amides is 1. The molecule has 0 spiro atoms. The van der Waals surface area contributed by atoms with Crippen LogP contribution in [-0.2, 0) is 16.9 Å². The highest BCUT2D eigenvalue weighted by atomic mass is 32.2. The van der Waals surface area contributed by atoms with Gasteiger partial charge in [-0.25, -0.2) is 8.42 Å². The van der Waals surface area contributed by atoms with Crippen molar-refractivity contribution in [3.05, 3.63) is 65.2 Å². The van der Waals surface area contributed by atoms with Crippen LogP contribution >= 0.6 is 11.3 Å². The van der Waals surface area contributed by atoms with E-state index in [1.165, 1.54) is 0 Å². The summed E-state index contributed by atoms with van der Waals surface area (Å²) >= 11 is 1.57. The molecule has 1 aliphatic rings. The lowest BCUT2D eigenvalue weighted by Gasteiger charge is -2.19. The smallest absolute Gasteiger partial charge is 0.272 e. The van der Waals surface area contributed by atoms with E-state index in [4.69, 9.17) is 0 Å². The molecule has 3 heterocycles. The molecule has 1 amide bonds. The van der Waals surface area contributed by atoms with Crippen molar-refractivity contribution in [1.29, 1.82) is 0 Å². The van der Waals surface area contributed by atoms with Crippen LogP contribution in [-0.4, -0.2) is 47.8 Å². The summed E-state index contributed by atoms with van der Waals surface area (Å²) in [5.41, 5.74) is 2.02. The summed E-state index contributed by atoms with van der Waals surface area (Å²) in [5, 5.41) is 5.84. The number of hydrogen-bond donors (Lipinski definition) is 0. The van der Waals surface area contributed by atoms with Crippen LogP contribution in [0.3, 0.4) is 0 Å². The van der Waals surface area contributed by atoms with Gasteiger partial charge in [-0.1, -0.05) is 36.4 Å². The normalized spacial score (nSPS) is 19.3. The molecule has 3 aromatic rings. The molecule has 0 aliphatic carbocycles. The quantitative estimate of drug-likeness (QED) is 0.659. The largest absolute Gasteiger partial charge is 0.336 e. The van der Waals surface area contributed by atoms with Gasteiger partial charge in [0.2, 0.25) is 0 Å². The van der Waals surface area contributed by atoms with Crippen LogP contribution in [0.15, 0.2) is 53.9 Å². The first kappa shape index (κ1) is 18.9. The van der Waals surface area contributed by atoms with E-state index in [1.54, 1.807) is 34.0 Å². The second-order valence-electron chi connectivity index (χ2n) is 6.86. The Bertz CT molecular complexity index is 1070. The Labute approximate surface area is 168 Å². The van der Waals surface area contributed by atoms with Crippen molar-refractivity contribution < 1.29 is 13.2 Å². The van der Waals surface area contributed by atoms with Gasteiger partial charge < -0.3 is 4.90 Å². The summed E-state index contributed by atoms with van der Waals surface area (Å²) in [4.78, 5) is 15.7. The summed E-state index contributed by atoms with van der Waals surface area (Å²) < 4.78 is 27.1. The van der Waals surface area contributed by atoms with Gasteiger partial charge in [-0.05, 0) is 29.5 Å². The third kappa shape index (κ3) is 3.62. The number of aryl methyl sites for hydroxylation is 1. The summed E-state index contributed by atoms with van der Waals surface area (Å²) in [7, 11) is -1.57. The number of benzene rings is 1. The Balaban J connectivity index is 1.57. The second-order valence-corrected chi connectivity index (χ2v) is 10.1. The monoisotopic (exact) mass is 415 g/mol. The van der Waals surface area contributed by atoms with Gasteiger partial charge in [-0.3, -0.25) is 9.48 Å². The zero-order chi connectivity index (χ0) is 19.7. The van der Waals surface area contributed by atoms with E-state index < -0.39 is 15.1 Å². The number of hydrogen-bond acceptors (Lipinski definition) is 5. The minimum atomic E-state index is -3.32. The Morgan fingerprint density at radius 3 is 2.64 bits per heavy atom. The molecule has 0 bridgehead atoms. The van der Waals surface area contributed by atoms with Gasteiger partial charge >= 0.3 is 0 Å². The number of rotatable bonds is 3. The van der Waals surface area contributed by atoms with Crippen molar-refractivity contribution in [2.45, 2.75) is 11.7 Å². The zero-order valence-corrected chi connectivity index (χ0v) is 17.1. The number of nitrogens with zero attached hydrogens (tertiary/aromatic N) is 3. The van der Waals surface area contributed by atoms with Crippen molar-refractivity contribution in [3.8, 4) is 10.6 Å². The Morgan fingerprint density at radius 2 is 1.93 bits per heavy atom. The summed E-state index contributed by atoms with van der Waals surface area (Å²) in [6.07, 6.45) is 0.397. The molecule has 146 valence electrons. The minimum absolute atomic E-state index is 0.0338. The Hall–Kier alpha value is -2.45. The molecule has 1 aromatic carbocycles. The summed E-state index contributed by atoms with van der Waals surface area (Å²) in [6.45, 7) is 0.598. The lowest BCUT2D eigenvalue weighted by molar-refractivity contribution is 0.0755. The van der Waals surface area contributed by atoms with E-state index in [2.05, 4.69) is 5.10 Å². The zero-order valence-electron chi connectivity index (χ0n) is 15.5. The molecule has 1 aliphatic heterocycles. The van der Waals surface area contributed by atoms with Crippen LogP contribution in [0.4, 0.5) is 0 Å². The molecule has 1 unspecified atom stereocenters. The molecule has 6 nitrogen and oxygen atoms in total. The highest BCUT2D eigenvalue weighted by molar-refractivity contribution is 7.91. The minimum Gasteiger partial charge on any atom is -0.336 e. The van der Waals surface area contributed by atoms with Gasteiger partial charge in [-0.2, -0.15) is 5.10 Å². The van der Waals surface area contributed by atoms with Gasteiger partial charge in [0, 0.05) is 20.1 Å². The third-order valence-electron chi connectivity index (χ3n) is 5.07. The van der Waals surface area contributed by atoms with E-state index >= 15 is 0 Å². The maximum absolute atomic E-state index is 13.1. The van der Waals surface area contributed by atoms with E-state index in [1.807, 2.05) is 47.8 Å². The van der Waals surface area contributed by atoms with E-state index in [0.29, 0.717) is 18.7 Å². The number of sulfone groups is 1. The van der Waals surface area contributed by atoms with Gasteiger partial charge in [0.1, 0.15) is 11.4 Å².